The van der Waals surface area contributed by atoms with E-state index in [0.29, 0.717) is 0 Å². The first-order chi connectivity index (χ1) is 3.83. The lowest BCUT2D eigenvalue weighted by Gasteiger charge is -1.78. The molecule has 0 fully saturated rings. The summed E-state index contributed by atoms with van der Waals surface area (Å²) in [5.74, 6) is 1.04. The van der Waals surface area contributed by atoms with E-state index >= 15 is 0 Å². The Morgan fingerprint density at radius 3 is 2.12 bits per heavy atom. The van der Waals surface area contributed by atoms with Crippen LogP contribution in [0.15, 0.2) is 0 Å². The van der Waals surface area contributed by atoms with E-state index in [-0.39, 0.29) is 6.47 Å². The molecule has 0 rings (SSSR count). The predicted octanol–water partition coefficient (Wildman–Crippen LogP) is 1.42. The smallest absolute Gasteiger partial charge is 0.290 e. The highest BCUT2D eigenvalue weighted by molar-refractivity contribution is 7.80. The summed E-state index contributed by atoms with van der Waals surface area (Å²) in [6.45, 7) is 1.91. The molecule has 0 heterocycles. The van der Waals surface area contributed by atoms with Crippen LogP contribution in [-0.4, -0.2) is 17.3 Å². The van der Waals surface area contributed by atoms with Crippen molar-refractivity contribution in [3.63, 3.8) is 0 Å². The number of hydrogen-bond acceptors (Lipinski definition) is 2. The van der Waals surface area contributed by atoms with E-state index in [4.69, 9.17) is 9.90 Å². The molecule has 0 spiro atoms. The zero-order valence-electron chi connectivity index (χ0n) is 5.00. The van der Waals surface area contributed by atoms with Crippen molar-refractivity contribution in [2.75, 3.05) is 5.75 Å². The van der Waals surface area contributed by atoms with Crippen LogP contribution in [-0.2, 0) is 4.79 Å². The molecule has 0 aromatic carbocycles. The average molecular weight is 136 g/mol. The first-order valence-corrected chi connectivity index (χ1v) is 3.15. The van der Waals surface area contributed by atoms with Gasteiger partial charge in [0, 0.05) is 0 Å². The largest absolute Gasteiger partial charge is 0.483 e. The van der Waals surface area contributed by atoms with Crippen LogP contribution in [0.3, 0.4) is 0 Å². The molecule has 2 nitrogen and oxygen atoms in total. The van der Waals surface area contributed by atoms with Crippen LogP contribution < -0.4 is 0 Å². The fourth-order valence-electron chi connectivity index (χ4n) is 0.158. The van der Waals surface area contributed by atoms with Crippen molar-refractivity contribution in [3.8, 4) is 0 Å². The van der Waals surface area contributed by atoms with E-state index in [1.165, 1.54) is 12.8 Å². The van der Waals surface area contributed by atoms with Gasteiger partial charge in [-0.05, 0) is 12.2 Å². The van der Waals surface area contributed by atoms with E-state index in [0.717, 1.165) is 5.75 Å². The van der Waals surface area contributed by atoms with E-state index in [2.05, 4.69) is 19.6 Å². The minimum atomic E-state index is -0.250. The Morgan fingerprint density at radius 1 is 1.75 bits per heavy atom. The summed E-state index contributed by atoms with van der Waals surface area (Å²) < 4.78 is 0. The number of unbranched alkanes of at least 4 members (excludes halogenated alkanes) is 1. The molecule has 0 atom stereocenters. The first-order valence-electron chi connectivity index (χ1n) is 2.52. The van der Waals surface area contributed by atoms with Gasteiger partial charge >= 0.3 is 0 Å². The van der Waals surface area contributed by atoms with E-state index in [9.17, 15) is 0 Å². The van der Waals surface area contributed by atoms with E-state index in [1.807, 2.05) is 0 Å². The molecule has 8 heavy (non-hydrogen) atoms. The van der Waals surface area contributed by atoms with Gasteiger partial charge in [-0.2, -0.15) is 12.6 Å². The van der Waals surface area contributed by atoms with Gasteiger partial charge in [0.25, 0.3) is 6.47 Å². The molecule has 0 unspecified atom stereocenters. The number of carbonyl (C=O) groups is 1. The highest BCUT2D eigenvalue weighted by Gasteiger charge is 1.68. The van der Waals surface area contributed by atoms with Gasteiger partial charge in [-0.1, -0.05) is 13.3 Å². The summed E-state index contributed by atoms with van der Waals surface area (Å²) in [5, 5.41) is 6.89. The molecule has 0 saturated heterocycles. The van der Waals surface area contributed by atoms with Crippen LogP contribution in [0.5, 0.6) is 0 Å². The minimum Gasteiger partial charge on any atom is -0.483 e. The zero-order valence-corrected chi connectivity index (χ0v) is 5.90. The first kappa shape index (κ1) is 10.7. The van der Waals surface area contributed by atoms with Gasteiger partial charge in [-0.15, -0.1) is 0 Å². The molecule has 0 aromatic heterocycles. The zero-order chi connectivity index (χ0) is 6.83. The van der Waals surface area contributed by atoms with Crippen molar-refractivity contribution < 1.29 is 9.90 Å². The Bertz CT molecular complexity index is 37.4. The second-order valence-electron chi connectivity index (χ2n) is 1.18. The quantitative estimate of drug-likeness (QED) is 0.445. The number of thiol groups is 1. The molecule has 3 heteroatoms. The lowest BCUT2D eigenvalue weighted by atomic mass is 10.4. The van der Waals surface area contributed by atoms with E-state index in [1.54, 1.807) is 0 Å². The summed E-state index contributed by atoms with van der Waals surface area (Å²) in [4.78, 5) is 8.36. The van der Waals surface area contributed by atoms with Gasteiger partial charge in [-0.25, -0.2) is 0 Å². The van der Waals surface area contributed by atoms with Crippen LogP contribution in [0.2, 0.25) is 0 Å². The molecular formula is C5H12O2S. The van der Waals surface area contributed by atoms with Crippen LogP contribution >= 0.6 is 12.6 Å². The van der Waals surface area contributed by atoms with Crippen LogP contribution in [0.25, 0.3) is 0 Å². The summed E-state index contributed by atoms with van der Waals surface area (Å²) in [5.41, 5.74) is 0. The second-order valence-corrected chi connectivity index (χ2v) is 1.63. The average Bonchev–Trinajstić information content (AvgIpc) is 1.71. The van der Waals surface area contributed by atoms with Gasteiger partial charge in [0.15, 0.2) is 0 Å². The lowest BCUT2D eigenvalue weighted by molar-refractivity contribution is -0.122. The maximum Gasteiger partial charge on any atom is 0.290 e. The summed E-state index contributed by atoms with van der Waals surface area (Å²) in [6, 6.07) is 0. The Labute approximate surface area is 55.3 Å². The molecule has 1 N–H and O–H groups in total. The normalized spacial score (nSPS) is 6.75. The fourth-order valence-corrected chi connectivity index (χ4v) is 0.474. The van der Waals surface area contributed by atoms with Crippen molar-refractivity contribution in [1.29, 1.82) is 0 Å². The molecule has 50 valence electrons. The second kappa shape index (κ2) is 15.8. The SMILES string of the molecule is CCCCS.O=CO. The standard InChI is InChI=1S/C4H10S.CH2O2/c1-2-3-4-5;2-1-3/h5H,2-4H2,1H3;1H,(H,2,3). The van der Waals surface area contributed by atoms with Crippen LogP contribution in [0.4, 0.5) is 0 Å². The Morgan fingerprint density at radius 2 is 2.12 bits per heavy atom. The molecule has 0 saturated carbocycles. The summed E-state index contributed by atoms with van der Waals surface area (Å²) in [7, 11) is 0. The maximum absolute atomic E-state index is 8.36. The number of carboxylic acid groups (broad SMARTS) is 1. The number of hydrogen-bond donors (Lipinski definition) is 2. The van der Waals surface area contributed by atoms with Crippen molar-refractivity contribution in [3.05, 3.63) is 0 Å². The predicted molar refractivity (Wildman–Crippen MR) is 37.5 cm³/mol. The Balaban J connectivity index is 0. The molecule has 0 aliphatic heterocycles. The van der Waals surface area contributed by atoms with Gasteiger partial charge in [-0.3, -0.25) is 4.79 Å². The molecular weight excluding hydrogens is 124 g/mol. The van der Waals surface area contributed by atoms with Crippen molar-refractivity contribution in [2.24, 2.45) is 0 Å². The third kappa shape index (κ3) is 40.8. The van der Waals surface area contributed by atoms with Crippen molar-refractivity contribution in [2.45, 2.75) is 19.8 Å². The van der Waals surface area contributed by atoms with Gasteiger partial charge in [0.1, 0.15) is 0 Å². The molecule has 0 aliphatic carbocycles. The Hall–Kier alpha value is -0.180. The molecule has 0 radical (unpaired) electrons. The third-order valence-electron chi connectivity index (χ3n) is 0.512. The highest BCUT2D eigenvalue weighted by Crippen LogP contribution is 1.85. The summed E-state index contributed by atoms with van der Waals surface area (Å²) >= 11 is 4.00. The third-order valence-corrected chi connectivity index (χ3v) is 0.828. The van der Waals surface area contributed by atoms with E-state index < -0.39 is 0 Å². The summed E-state index contributed by atoms with van der Waals surface area (Å²) in [6.07, 6.45) is 2.52. The topological polar surface area (TPSA) is 37.3 Å². The minimum absolute atomic E-state index is 0.250. The lowest BCUT2D eigenvalue weighted by Crippen LogP contribution is -1.65. The monoisotopic (exact) mass is 136 g/mol. The fraction of sp³-hybridized carbons (Fsp3) is 0.800. The van der Waals surface area contributed by atoms with Crippen LogP contribution in [0, 0.1) is 0 Å². The molecule has 0 aliphatic rings. The van der Waals surface area contributed by atoms with Crippen LogP contribution in [0.1, 0.15) is 19.8 Å². The highest BCUT2D eigenvalue weighted by atomic mass is 32.1. The molecule has 0 amide bonds. The number of rotatable bonds is 2. The van der Waals surface area contributed by atoms with Gasteiger partial charge in [0.05, 0.1) is 0 Å². The van der Waals surface area contributed by atoms with Gasteiger partial charge < -0.3 is 5.11 Å². The molecule has 0 aromatic rings. The maximum atomic E-state index is 8.36. The van der Waals surface area contributed by atoms with Crippen molar-refractivity contribution in [1.82, 2.24) is 0 Å². The Kier molecular flexibility index (Phi) is 21.2. The van der Waals surface area contributed by atoms with Gasteiger partial charge in [0.2, 0.25) is 0 Å². The van der Waals surface area contributed by atoms with Crippen molar-refractivity contribution >= 4 is 19.1 Å². The molecule has 0 bridgehead atoms.